The van der Waals surface area contributed by atoms with Crippen molar-refractivity contribution in [3.8, 4) is 5.69 Å². The van der Waals surface area contributed by atoms with E-state index in [2.05, 4.69) is 108 Å². The van der Waals surface area contributed by atoms with Gasteiger partial charge in [0.15, 0.2) is 5.11 Å². The first-order valence-corrected chi connectivity index (χ1v) is 13.0. The summed E-state index contributed by atoms with van der Waals surface area (Å²) >= 11 is 5.92. The fourth-order valence-corrected chi connectivity index (χ4v) is 5.74. The van der Waals surface area contributed by atoms with Gasteiger partial charge in [0, 0.05) is 47.6 Å². The lowest BCUT2D eigenvalue weighted by Crippen LogP contribution is -2.32. The first-order chi connectivity index (χ1) is 17.6. The van der Waals surface area contributed by atoms with Gasteiger partial charge >= 0.3 is 0 Å². The predicted octanol–water partition coefficient (Wildman–Crippen LogP) is 6.27. The van der Waals surface area contributed by atoms with Gasteiger partial charge in [-0.3, -0.25) is 4.98 Å². The molecule has 0 radical (unpaired) electrons. The van der Waals surface area contributed by atoms with Crippen LogP contribution in [0.15, 0.2) is 85.1 Å². The molecule has 0 aliphatic carbocycles. The van der Waals surface area contributed by atoms with Gasteiger partial charge in [0.2, 0.25) is 0 Å². The van der Waals surface area contributed by atoms with Crippen LogP contribution in [-0.4, -0.2) is 32.7 Å². The van der Waals surface area contributed by atoms with Gasteiger partial charge in [-0.15, -0.1) is 0 Å². The third kappa shape index (κ3) is 4.61. The smallest absolute Gasteiger partial charge is 0.170 e. The van der Waals surface area contributed by atoms with E-state index >= 15 is 0 Å². The van der Waals surface area contributed by atoms with E-state index in [1.807, 2.05) is 18.3 Å². The summed E-state index contributed by atoms with van der Waals surface area (Å²) in [5, 5.41) is 7.94. The number of nitrogens with one attached hydrogen (secondary N) is 2. The fraction of sp³-hybridized carbons (Fsp3) is 0.267. The number of hydrogen-bond donors (Lipinski definition) is 2. The number of hydrogen-bond acceptors (Lipinski definition) is 3. The van der Waals surface area contributed by atoms with Gasteiger partial charge in [-0.05, 0) is 81.4 Å². The van der Waals surface area contributed by atoms with E-state index in [0.29, 0.717) is 0 Å². The normalized spacial score (nSPS) is 17.3. The van der Waals surface area contributed by atoms with Gasteiger partial charge in [-0.2, -0.15) is 0 Å². The van der Waals surface area contributed by atoms with Crippen LogP contribution in [0.4, 0.5) is 5.69 Å². The van der Waals surface area contributed by atoms with Gasteiger partial charge in [0.1, 0.15) is 0 Å². The van der Waals surface area contributed by atoms with Crippen LogP contribution < -0.4 is 10.6 Å². The Hall–Kier alpha value is -3.64. The molecule has 2 atom stereocenters. The zero-order valence-electron chi connectivity index (χ0n) is 21.1. The Morgan fingerprint density at radius 2 is 1.58 bits per heavy atom. The first-order valence-electron chi connectivity index (χ1n) is 12.6. The van der Waals surface area contributed by atoms with Crippen molar-refractivity contribution < 1.29 is 0 Å². The Kier molecular flexibility index (Phi) is 7.05. The molecule has 2 N–H and O–H groups in total. The highest BCUT2D eigenvalue weighted by atomic mass is 32.1. The van der Waals surface area contributed by atoms with Crippen LogP contribution in [0, 0.1) is 20.8 Å². The summed E-state index contributed by atoms with van der Waals surface area (Å²) in [5.41, 5.74) is 8.49. The van der Waals surface area contributed by atoms with E-state index in [1.165, 1.54) is 28.2 Å². The van der Waals surface area contributed by atoms with Crippen LogP contribution in [0.5, 0.6) is 0 Å². The summed E-state index contributed by atoms with van der Waals surface area (Å²) in [5.74, 6) is 0. The molecular weight excluding hydrogens is 462 g/mol. The van der Waals surface area contributed by atoms with Gasteiger partial charge in [-0.1, -0.05) is 42.5 Å². The molecule has 184 valence electrons. The number of anilines is 1. The predicted molar refractivity (Wildman–Crippen MR) is 152 cm³/mol. The minimum absolute atomic E-state index is 0.00999. The third-order valence-electron chi connectivity index (χ3n) is 7.19. The molecule has 3 heterocycles. The molecule has 1 aliphatic heterocycles. The molecule has 0 saturated carbocycles. The van der Waals surface area contributed by atoms with Gasteiger partial charge < -0.3 is 20.1 Å². The van der Waals surface area contributed by atoms with Crippen molar-refractivity contribution in [2.24, 2.45) is 0 Å². The lowest BCUT2D eigenvalue weighted by Gasteiger charge is -2.29. The minimum Gasteiger partial charge on any atom is -0.385 e. The van der Waals surface area contributed by atoms with E-state index in [4.69, 9.17) is 17.2 Å². The molecule has 2 aromatic heterocycles. The maximum atomic E-state index is 5.92. The largest absolute Gasteiger partial charge is 0.385 e. The van der Waals surface area contributed by atoms with Crippen molar-refractivity contribution in [2.75, 3.05) is 18.4 Å². The van der Waals surface area contributed by atoms with Crippen molar-refractivity contribution in [3.63, 3.8) is 0 Å². The monoisotopic (exact) mass is 495 g/mol. The van der Waals surface area contributed by atoms with Gasteiger partial charge in [0.25, 0.3) is 0 Å². The Labute approximate surface area is 219 Å². The average Bonchev–Trinajstić information content (AvgIpc) is 3.34. The molecule has 6 heteroatoms. The number of thiocarbonyl (C=S) groups is 1. The van der Waals surface area contributed by atoms with Crippen LogP contribution in [0.25, 0.3) is 5.69 Å². The zero-order chi connectivity index (χ0) is 25.1. The number of para-hydroxylation sites is 2. The molecule has 1 fully saturated rings. The van der Waals surface area contributed by atoms with E-state index in [0.717, 1.165) is 36.0 Å². The number of benzene rings is 2. The maximum absolute atomic E-state index is 5.92. The summed E-state index contributed by atoms with van der Waals surface area (Å²) < 4.78 is 2.37. The molecule has 0 unspecified atom stereocenters. The summed E-state index contributed by atoms with van der Waals surface area (Å²) in [6, 6.07) is 27.1. The van der Waals surface area contributed by atoms with Crippen LogP contribution in [0.3, 0.4) is 0 Å². The molecule has 1 aliphatic rings. The summed E-state index contributed by atoms with van der Waals surface area (Å²) in [4.78, 5) is 7.09. The highest BCUT2D eigenvalue weighted by Gasteiger charge is 2.42. The molecule has 1 saturated heterocycles. The Morgan fingerprint density at radius 3 is 2.28 bits per heavy atom. The van der Waals surface area contributed by atoms with Gasteiger partial charge in [-0.25, -0.2) is 0 Å². The molecular formula is C30H33N5S. The molecule has 0 bridgehead atoms. The number of rotatable bonds is 8. The number of nitrogens with zero attached hydrogens (tertiary/aromatic N) is 3. The number of aromatic nitrogens is 2. The van der Waals surface area contributed by atoms with Crippen LogP contribution >= 0.6 is 12.2 Å². The van der Waals surface area contributed by atoms with Crippen LogP contribution in [0.2, 0.25) is 0 Å². The standard InChI is InChI=1S/C30H33N5S/c1-21-22(2)35(25-15-8-5-9-16-25)23(3)27(21)29-28(26-17-10-11-18-32-26)33-30(36)34(29)20-12-19-31-24-13-6-4-7-14-24/h4-11,13-18,28-29,31H,12,19-20H2,1-3H3,(H,33,36)/t28-,29+/m1/s1. The SMILES string of the molecule is Cc1c([C@H]2[C@@H](c3ccccn3)NC(=S)N2CCCNc2ccccc2)c(C)n(-c2ccccc2)c1C. The Balaban J connectivity index is 1.49. The van der Waals surface area contributed by atoms with E-state index in [9.17, 15) is 0 Å². The molecule has 0 amide bonds. The third-order valence-corrected chi connectivity index (χ3v) is 7.55. The molecule has 4 aromatic rings. The molecule has 5 rings (SSSR count). The van der Waals surface area contributed by atoms with Crippen molar-refractivity contribution in [1.29, 1.82) is 0 Å². The van der Waals surface area contributed by atoms with Crippen molar-refractivity contribution in [1.82, 2.24) is 19.8 Å². The molecule has 36 heavy (non-hydrogen) atoms. The second-order valence-corrected chi connectivity index (χ2v) is 9.73. The van der Waals surface area contributed by atoms with Crippen LogP contribution in [-0.2, 0) is 0 Å². The molecule has 0 spiro atoms. The first kappa shape index (κ1) is 24.1. The summed E-state index contributed by atoms with van der Waals surface area (Å²) in [6.07, 6.45) is 2.84. The van der Waals surface area contributed by atoms with Crippen molar-refractivity contribution >= 4 is 23.0 Å². The number of pyridine rings is 1. The molecule has 5 nitrogen and oxygen atoms in total. The van der Waals surface area contributed by atoms with Gasteiger partial charge in [0.05, 0.1) is 17.8 Å². The van der Waals surface area contributed by atoms with E-state index in [1.54, 1.807) is 0 Å². The highest BCUT2D eigenvalue weighted by molar-refractivity contribution is 7.80. The maximum Gasteiger partial charge on any atom is 0.170 e. The highest BCUT2D eigenvalue weighted by Crippen LogP contribution is 2.43. The van der Waals surface area contributed by atoms with E-state index < -0.39 is 0 Å². The van der Waals surface area contributed by atoms with E-state index in [-0.39, 0.29) is 12.1 Å². The lowest BCUT2D eigenvalue weighted by atomic mass is 9.93. The quantitative estimate of drug-likeness (QED) is 0.223. The Bertz CT molecular complexity index is 1320. The fourth-order valence-electron chi connectivity index (χ4n) is 5.40. The van der Waals surface area contributed by atoms with Crippen molar-refractivity contribution in [3.05, 3.63) is 113 Å². The average molecular weight is 496 g/mol. The minimum atomic E-state index is -0.00999. The van der Waals surface area contributed by atoms with Crippen molar-refractivity contribution in [2.45, 2.75) is 39.3 Å². The topological polar surface area (TPSA) is 45.1 Å². The van der Waals surface area contributed by atoms with Crippen LogP contribution in [0.1, 0.15) is 46.7 Å². The summed E-state index contributed by atoms with van der Waals surface area (Å²) in [6.45, 7) is 8.42. The summed E-state index contributed by atoms with van der Waals surface area (Å²) in [7, 11) is 0. The molecule has 2 aromatic carbocycles. The lowest BCUT2D eigenvalue weighted by molar-refractivity contribution is 0.314. The second-order valence-electron chi connectivity index (χ2n) is 9.35. The Morgan fingerprint density at radius 1 is 0.889 bits per heavy atom. The second kappa shape index (κ2) is 10.5. The zero-order valence-corrected chi connectivity index (χ0v) is 21.9.